The van der Waals surface area contributed by atoms with Gasteiger partial charge in [-0.2, -0.15) is 0 Å². The normalized spacial score (nSPS) is 22.1. The summed E-state index contributed by atoms with van der Waals surface area (Å²) in [6.45, 7) is 2.75. The second kappa shape index (κ2) is 5.87. The minimum atomic E-state index is -3.62. The Labute approximate surface area is 130 Å². The van der Waals surface area contributed by atoms with Crippen molar-refractivity contribution in [3.05, 3.63) is 53.9 Å². The third-order valence-corrected chi connectivity index (χ3v) is 5.94. The molecule has 1 saturated heterocycles. The van der Waals surface area contributed by atoms with Crippen molar-refractivity contribution in [3.63, 3.8) is 0 Å². The van der Waals surface area contributed by atoms with E-state index in [0.29, 0.717) is 5.69 Å². The number of nitrogens with zero attached hydrogens (tertiary/aromatic N) is 1. The van der Waals surface area contributed by atoms with E-state index in [4.69, 9.17) is 0 Å². The molecule has 2 N–H and O–H groups in total. The maximum Gasteiger partial charge on any atom is 0.267 e. The fourth-order valence-corrected chi connectivity index (χ4v) is 4.35. The lowest BCUT2D eigenvalue weighted by molar-refractivity contribution is 0.213. The van der Waals surface area contributed by atoms with Crippen molar-refractivity contribution >= 4 is 10.0 Å². The maximum atomic E-state index is 12.9. The van der Waals surface area contributed by atoms with Crippen molar-refractivity contribution in [1.82, 2.24) is 9.29 Å². The lowest BCUT2D eigenvalue weighted by atomic mass is 9.99. The molecule has 5 nitrogen and oxygen atoms in total. The molecule has 0 aliphatic carbocycles. The standard InChI is InChI=1S/C16H20N2O3S/c1-12-4-6-14(7-5-12)22(20,21)18-10-2-3-15(18)16-13(11-19)8-9-17-16/h2-7,10,13,16-17,19H,8-9,11H2,1H3/t13-,16-/m0/s1. The number of hydrogen-bond acceptors (Lipinski definition) is 4. The SMILES string of the molecule is Cc1ccc(S(=O)(=O)n2cccc2[C@H]2NCC[C@H]2CO)cc1. The van der Waals surface area contributed by atoms with Crippen molar-refractivity contribution in [2.24, 2.45) is 5.92 Å². The molecule has 0 spiro atoms. The molecular weight excluding hydrogens is 300 g/mol. The van der Waals surface area contributed by atoms with E-state index in [1.807, 2.05) is 6.92 Å². The number of rotatable bonds is 4. The van der Waals surface area contributed by atoms with Crippen LogP contribution in [-0.2, 0) is 10.0 Å². The van der Waals surface area contributed by atoms with Gasteiger partial charge in [-0.05, 0) is 44.2 Å². The van der Waals surface area contributed by atoms with Gasteiger partial charge in [0.25, 0.3) is 10.0 Å². The van der Waals surface area contributed by atoms with E-state index in [1.54, 1.807) is 42.6 Å². The topological polar surface area (TPSA) is 71.3 Å². The van der Waals surface area contributed by atoms with E-state index in [0.717, 1.165) is 18.5 Å². The lowest BCUT2D eigenvalue weighted by Crippen LogP contribution is -2.25. The Bertz CT molecular complexity index is 750. The summed E-state index contributed by atoms with van der Waals surface area (Å²) in [6, 6.07) is 10.2. The summed E-state index contributed by atoms with van der Waals surface area (Å²) < 4.78 is 27.0. The van der Waals surface area contributed by atoms with Crippen molar-refractivity contribution in [2.75, 3.05) is 13.2 Å². The predicted molar refractivity (Wildman–Crippen MR) is 84.1 cm³/mol. The van der Waals surface area contributed by atoms with E-state index in [-0.39, 0.29) is 23.5 Å². The molecule has 0 bridgehead atoms. The first-order chi connectivity index (χ1) is 10.5. The summed E-state index contributed by atoms with van der Waals surface area (Å²) in [7, 11) is -3.62. The molecule has 2 heterocycles. The molecular formula is C16H20N2O3S. The molecule has 1 fully saturated rings. The van der Waals surface area contributed by atoms with Crippen LogP contribution in [0, 0.1) is 12.8 Å². The zero-order valence-electron chi connectivity index (χ0n) is 12.4. The van der Waals surface area contributed by atoms with Crippen LogP contribution in [-0.4, -0.2) is 30.6 Å². The van der Waals surface area contributed by atoms with Crippen LogP contribution >= 0.6 is 0 Å². The van der Waals surface area contributed by atoms with Crippen molar-refractivity contribution in [3.8, 4) is 0 Å². The Morgan fingerprint density at radius 3 is 2.68 bits per heavy atom. The van der Waals surface area contributed by atoms with Gasteiger partial charge in [0.1, 0.15) is 0 Å². The Balaban J connectivity index is 2.02. The van der Waals surface area contributed by atoms with Crippen LogP contribution in [0.25, 0.3) is 0 Å². The minimum Gasteiger partial charge on any atom is -0.396 e. The molecule has 118 valence electrons. The van der Waals surface area contributed by atoms with Gasteiger partial charge in [-0.3, -0.25) is 0 Å². The predicted octanol–water partition coefficient (Wildman–Crippen LogP) is 1.68. The Hall–Kier alpha value is -1.63. The summed E-state index contributed by atoms with van der Waals surface area (Å²) in [4.78, 5) is 0.272. The third kappa shape index (κ3) is 2.58. The van der Waals surface area contributed by atoms with Crippen LogP contribution in [0.1, 0.15) is 23.7 Å². The molecule has 1 aliphatic rings. The quantitative estimate of drug-likeness (QED) is 0.899. The minimum absolute atomic E-state index is 0.0434. The summed E-state index contributed by atoms with van der Waals surface area (Å²) in [5, 5.41) is 12.8. The zero-order chi connectivity index (χ0) is 15.7. The van der Waals surface area contributed by atoms with Crippen LogP contribution in [0.5, 0.6) is 0 Å². The number of aliphatic hydroxyl groups excluding tert-OH is 1. The largest absolute Gasteiger partial charge is 0.396 e. The first-order valence-corrected chi connectivity index (χ1v) is 8.82. The number of aryl methyl sites for hydroxylation is 1. The lowest BCUT2D eigenvalue weighted by Gasteiger charge is -2.20. The molecule has 6 heteroatoms. The van der Waals surface area contributed by atoms with Crippen molar-refractivity contribution in [1.29, 1.82) is 0 Å². The van der Waals surface area contributed by atoms with Crippen molar-refractivity contribution in [2.45, 2.75) is 24.3 Å². The fourth-order valence-electron chi connectivity index (χ4n) is 2.96. The fraction of sp³-hybridized carbons (Fsp3) is 0.375. The highest BCUT2D eigenvalue weighted by atomic mass is 32.2. The van der Waals surface area contributed by atoms with E-state index in [9.17, 15) is 13.5 Å². The summed E-state index contributed by atoms with van der Waals surface area (Å²) in [6.07, 6.45) is 2.41. The number of benzene rings is 1. The molecule has 0 radical (unpaired) electrons. The van der Waals surface area contributed by atoms with Crippen molar-refractivity contribution < 1.29 is 13.5 Å². The monoisotopic (exact) mass is 320 g/mol. The third-order valence-electron chi connectivity index (χ3n) is 4.22. The van der Waals surface area contributed by atoms with Crippen LogP contribution in [0.2, 0.25) is 0 Å². The molecule has 0 unspecified atom stereocenters. The van der Waals surface area contributed by atoms with Crippen LogP contribution < -0.4 is 5.32 Å². The zero-order valence-corrected chi connectivity index (χ0v) is 13.3. The van der Waals surface area contributed by atoms with E-state index in [1.165, 1.54) is 3.97 Å². The van der Waals surface area contributed by atoms with Crippen LogP contribution in [0.4, 0.5) is 0 Å². The molecule has 0 amide bonds. The van der Waals surface area contributed by atoms with Gasteiger partial charge < -0.3 is 10.4 Å². The van der Waals surface area contributed by atoms with Gasteiger partial charge in [0.2, 0.25) is 0 Å². The second-order valence-corrected chi connectivity index (χ2v) is 7.53. The summed E-state index contributed by atoms with van der Waals surface area (Å²) in [5.41, 5.74) is 1.70. The van der Waals surface area contributed by atoms with Gasteiger partial charge in [0.15, 0.2) is 0 Å². The highest BCUT2D eigenvalue weighted by Gasteiger charge is 2.32. The summed E-state index contributed by atoms with van der Waals surface area (Å²) >= 11 is 0. The molecule has 1 aliphatic heterocycles. The number of aromatic nitrogens is 1. The van der Waals surface area contributed by atoms with E-state index < -0.39 is 10.0 Å². The number of nitrogens with one attached hydrogen (secondary N) is 1. The van der Waals surface area contributed by atoms with Gasteiger partial charge in [-0.25, -0.2) is 12.4 Å². The first-order valence-electron chi connectivity index (χ1n) is 7.38. The Morgan fingerprint density at radius 1 is 1.27 bits per heavy atom. The molecule has 1 aromatic carbocycles. The number of aliphatic hydroxyl groups is 1. The van der Waals surface area contributed by atoms with Gasteiger partial charge >= 0.3 is 0 Å². The highest BCUT2D eigenvalue weighted by Crippen LogP contribution is 2.31. The maximum absolute atomic E-state index is 12.9. The van der Waals surface area contributed by atoms with Gasteiger partial charge in [-0.1, -0.05) is 17.7 Å². The molecule has 1 aromatic heterocycles. The Morgan fingerprint density at radius 2 is 2.00 bits per heavy atom. The van der Waals surface area contributed by atoms with E-state index >= 15 is 0 Å². The summed E-state index contributed by atoms with van der Waals surface area (Å²) in [5.74, 6) is 0.0434. The molecule has 0 saturated carbocycles. The molecule has 2 aromatic rings. The van der Waals surface area contributed by atoms with Gasteiger partial charge in [0.05, 0.1) is 16.6 Å². The number of hydrogen-bond donors (Lipinski definition) is 2. The second-order valence-electron chi connectivity index (χ2n) is 5.71. The molecule has 22 heavy (non-hydrogen) atoms. The first kappa shape index (κ1) is 15.3. The average Bonchev–Trinajstić information content (AvgIpc) is 3.16. The molecule has 2 atom stereocenters. The van der Waals surface area contributed by atoms with Gasteiger partial charge in [-0.15, -0.1) is 0 Å². The van der Waals surface area contributed by atoms with E-state index in [2.05, 4.69) is 5.32 Å². The van der Waals surface area contributed by atoms with Crippen LogP contribution in [0.15, 0.2) is 47.5 Å². The average molecular weight is 320 g/mol. The molecule has 3 rings (SSSR count). The smallest absolute Gasteiger partial charge is 0.267 e. The van der Waals surface area contributed by atoms with Gasteiger partial charge in [0, 0.05) is 18.7 Å². The van der Waals surface area contributed by atoms with Crippen LogP contribution in [0.3, 0.4) is 0 Å². The highest BCUT2D eigenvalue weighted by molar-refractivity contribution is 7.90. The Kier molecular flexibility index (Phi) is 4.08.